The fourth-order valence-corrected chi connectivity index (χ4v) is 1.90. The Balaban J connectivity index is 2.92. The zero-order valence-electron chi connectivity index (χ0n) is 12.2. The Bertz CT molecular complexity index is 501. The molecule has 1 atom stereocenters. The summed E-state index contributed by atoms with van der Waals surface area (Å²) in [6.45, 7) is 5.76. The van der Waals surface area contributed by atoms with Crippen LogP contribution in [0.25, 0.3) is 0 Å². The largest absolute Gasteiger partial charge is 0.377 e. The Kier molecular flexibility index (Phi) is 4.94. The average Bonchev–Trinajstić information content (AvgIpc) is 2.31. The van der Waals surface area contributed by atoms with Crippen LogP contribution in [-0.4, -0.2) is 20.0 Å². The summed E-state index contributed by atoms with van der Waals surface area (Å²) in [6, 6.07) is 7.78. The van der Waals surface area contributed by atoms with E-state index < -0.39 is 5.92 Å². The molecule has 1 N–H and O–H groups in total. The molecule has 0 aliphatic rings. The molecule has 102 valence electrons. The lowest BCUT2D eigenvalue weighted by molar-refractivity contribution is -0.119. The second-order valence-corrected chi connectivity index (χ2v) is 5.24. The van der Waals surface area contributed by atoms with Gasteiger partial charge in [0.05, 0.1) is 6.07 Å². The molecular formula is C15H21N3O. The lowest BCUT2D eigenvalue weighted by Gasteiger charge is -2.18. The van der Waals surface area contributed by atoms with Gasteiger partial charge in [-0.3, -0.25) is 4.79 Å². The SMILES string of the molecule is Cc1ccc(NC(=O)C(C#N)C(C)C)cc1N(C)C. The predicted octanol–water partition coefficient (Wildman–Crippen LogP) is 2.80. The fourth-order valence-electron chi connectivity index (χ4n) is 1.90. The van der Waals surface area contributed by atoms with Gasteiger partial charge in [-0.1, -0.05) is 19.9 Å². The minimum atomic E-state index is -0.621. The first-order chi connectivity index (χ1) is 8.86. The first-order valence-corrected chi connectivity index (χ1v) is 6.35. The zero-order chi connectivity index (χ0) is 14.6. The molecule has 0 aliphatic carbocycles. The number of rotatable bonds is 4. The smallest absolute Gasteiger partial charge is 0.241 e. The van der Waals surface area contributed by atoms with E-state index in [0.29, 0.717) is 0 Å². The topological polar surface area (TPSA) is 56.1 Å². The first-order valence-electron chi connectivity index (χ1n) is 6.35. The molecule has 1 aromatic rings. The summed E-state index contributed by atoms with van der Waals surface area (Å²) >= 11 is 0. The van der Waals surface area contributed by atoms with E-state index in [4.69, 9.17) is 5.26 Å². The van der Waals surface area contributed by atoms with Crippen LogP contribution in [0, 0.1) is 30.1 Å². The number of carbonyl (C=O) groups excluding carboxylic acids is 1. The van der Waals surface area contributed by atoms with E-state index in [2.05, 4.69) is 5.32 Å². The number of nitrogens with one attached hydrogen (secondary N) is 1. The van der Waals surface area contributed by atoms with Gasteiger partial charge in [-0.05, 0) is 30.5 Å². The predicted molar refractivity (Wildman–Crippen MR) is 78.1 cm³/mol. The van der Waals surface area contributed by atoms with Gasteiger partial charge in [-0.15, -0.1) is 0 Å². The van der Waals surface area contributed by atoms with Crippen molar-refractivity contribution in [1.29, 1.82) is 5.26 Å². The molecule has 1 aromatic carbocycles. The number of carbonyl (C=O) groups is 1. The molecule has 1 amide bonds. The number of amides is 1. The van der Waals surface area contributed by atoms with Crippen LogP contribution in [0.15, 0.2) is 18.2 Å². The molecule has 4 heteroatoms. The van der Waals surface area contributed by atoms with E-state index in [1.54, 1.807) is 0 Å². The van der Waals surface area contributed by atoms with E-state index in [0.717, 1.165) is 16.9 Å². The van der Waals surface area contributed by atoms with Gasteiger partial charge in [0.2, 0.25) is 5.91 Å². The molecule has 0 aromatic heterocycles. The highest BCUT2D eigenvalue weighted by Crippen LogP contribution is 2.23. The standard InChI is InChI=1S/C15H21N3O/c1-10(2)13(9-16)15(19)17-12-7-6-11(3)14(8-12)18(4)5/h6-8,10,13H,1-5H3,(H,17,19). The number of hydrogen-bond donors (Lipinski definition) is 1. The van der Waals surface area contributed by atoms with Crippen molar-refractivity contribution in [3.63, 3.8) is 0 Å². The van der Waals surface area contributed by atoms with Crippen LogP contribution >= 0.6 is 0 Å². The van der Waals surface area contributed by atoms with Crippen LogP contribution in [0.3, 0.4) is 0 Å². The third kappa shape index (κ3) is 3.72. The first kappa shape index (κ1) is 15.0. The molecule has 0 saturated heterocycles. The summed E-state index contributed by atoms with van der Waals surface area (Å²) in [5, 5.41) is 11.8. The number of nitrogens with zero attached hydrogens (tertiary/aromatic N) is 2. The Morgan fingerprint density at radius 2 is 2.00 bits per heavy atom. The Hall–Kier alpha value is -2.02. The summed E-state index contributed by atoms with van der Waals surface area (Å²) in [7, 11) is 3.92. The second-order valence-electron chi connectivity index (χ2n) is 5.24. The number of nitriles is 1. The molecule has 0 spiro atoms. The van der Waals surface area contributed by atoms with Crippen molar-refractivity contribution in [2.45, 2.75) is 20.8 Å². The number of anilines is 2. The number of hydrogen-bond acceptors (Lipinski definition) is 3. The molecule has 19 heavy (non-hydrogen) atoms. The molecule has 1 unspecified atom stereocenters. The molecule has 0 radical (unpaired) electrons. The van der Waals surface area contributed by atoms with Crippen molar-refractivity contribution in [3.05, 3.63) is 23.8 Å². The van der Waals surface area contributed by atoms with E-state index >= 15 is 0 Å². The van der Waals surface area contributed by atoms with Crippen molar-refractivity contribution in [2.75, 3.05) is 24.3 Å². The van der Waals surface area contributed by atoms with Gasteiger partial charge in [0.15, 0.2) is 0 Å². The zero-order valence-corrected chi connectivity index (χ0v) is 12.2. The van der Waals surface area contributed by atoms with Gasteiger partial charge in [0.25, 0.3) is 0 Å². The molecule has 0 heterocycles. The van der Waals surface area contributed by atoms with Crippen molar-refractivity contribution < 1.29 is 4.79 Å². The van der Waals surface area contributed by atoms with Gasteiger partial charge in [-0.25, -0.2) is 0 Å². The van der Waals surface area contributed by atoms with Gasteiger partial charge in [0.1, 0.15) is 5.92 Å². The molecule has 0 bridgehead atoms. The number of aryl methyl sites for hydroxylation is 1. The Labute approximate surface area is 115 Å². The normalized spacial score (nSPS) is 11.8. The summed E-state index contributed by atoms with van der Waals surface area (Å²) < 4.78 is 0. The van der Waals surface area contributed by atoms with Gasteiger partial charge < -0.3 is 10.2 Å². The summed E-state index contributed by atoms with van der Waals surface area (Å²) in [5.41, 5.74) is 2.92. The summed E-state index contributed by atoms with van der Waals surface area (Å²) in [5.74, 6) is -0.862. The lowest BCUT2D eigenvalue weighted by Crippen LogP contribution is -2.25. The fraction of sp³-hybridized carbons (Fsp3) is 0.467. The van der Waals surface area contributed by atoms with Crippen LogP contribution in [0.1, 0.15) is 19.4 Å². The maximum Gasteiger partial charge on any atom is 0.241 e. The molecule has 0 saturated carbocycles. The van der Waals surface area contributed by atoms with Crippen LogP contribution in [0.2, 0.25) is 0 Å². The van der Waals surface area contributed by atoms with E-state index in [-0.39, 0.29) is 11.8 Å². The van der Waals surface area contributed by atoms with Crippen LogP contribution in [-0.2, 0) is 4.79 Å². The monoisotopic (exact) mass is 259 g/mol. The Morgan fingerprint density at radius 1 is 1.37 bits per heavy atom. The van der Waals surface area contributed by atoms with Crippen molar-refractivity contribution >= 4 is 17.3 Å². The molecule has 1 rings (SSSR count). The van der Waals surface area contributed by atoms with Gasteiger partial charge >= 0.3 is 0 Å². The highest BCUT2D eigenvalue weighted by Gasteiger charge is 2.21. The molecule has 0 aliphatic heterocycles. The second kappa shape index (κ2) is 6.24. The summed E-state index contributed by atoms with van der Waals surface area (Å²) in [6.07, 6.45) is 0. The minimum absolute atomic E-state index is 0.00349. The Morgan fingerprint density at radius 3 is 2.47 bits per heavy atom. The number of benzene rings is 1. The quantitative estimate of drug-likeness (QED) is 0.904. The van der Waals surface area contributed by atoms with E-state index in [9.17, 15) is 4.79 Å². The highest BCUT2D eigenvalue weighted by molar-refractivity contribution is 5.94. The van der Waals surface area contributed by atoms with E-state index in [1.165, 1.54) is 0 Å². The third-order valence-electron chi connectivity index (χ3n) is 3.05. The molecular weight excluding hydrogens is 238 g/mol. The average molecular weight is 259 g/mol. The van der Waals surface area contributed by atoms with Crippen LogP contribution < -0.4 is 10.2 Å². The van der Waals surface area contributed by atoms with Crippen LogP contribution in [0.5, 0.6) is 0 Å². The molecule has 0 fully saturated rings. The summed E-state index contributed by atoms with van der Waals surface area (Å²) in [4.78, 5) is 14.0. The maximum absolute atomic E-state index is 12.0. The minimum Gasteiger partial charge on any atom is -0.377 e. The molecule has 4 nitrogen and oxygen atoms in total. The lowest BCUT2D eigenvalue weighted by atomic mass is 9.96. The van der Waals surface area contributed by atoms with Crippen molar-refractivity contribution in [2.24, 2.45) is 11.8 Å². The highest BCUT2D eigenvalue weighted by atomic mass is 16.1. The van der Waals surface area contributed by atoms with Crippen molar-refractivity contribution in [1.82, 2.24) is 0 Å². The van der Waals surface area contributed by atoms with Crippen molar-refractivity contribution in [3.8, 4) is 6.07 Å². The maximum atomic E-state index is 12.0. The van der Waals surface area contributed by atoms with Crippen LogP contribution in [0.4, 0.5) is 11.4 Å². The third-order valence-corrected chi connectivity index (χ3v) is 3.05. The van der Waals surface area contributed by atoms with Gasteiger partial charge in [-0.2, -0.15) is 5.26 Å². The van der Waals surface area contributed by atoms with E-state index in [1.807, 2.05) is 64.0 Å². The van der Waals surface area contributed by atoms with Gasteiger partial charge in [0, 0.05) is 25.5 Å².